The summed E-state index contributed by atoms with van der Waals surface area (Å²) in [6.07, 6.45) is 8.31. The van der Waals surface area contributed by atoms with Crippen molar-refractivity contribution >= 4 is 0 Å². The maximum Gasteiger partial charge on any atom is 0.0672 e. The van der Waals surface area contributed by atoms with Crippen molar-refractivity contribution in [2.75, 3.05) is 13.2 Å². The molecule has 3 unspecified atom stereocenters. The average Bonchev–Trinajstić information content (AvgIpc) is 3.02. The largest absolute Gasteiger partial charge is 0.377 e. The van der Waals surface area contributed by atoms with Crippen molar-refractivity contribution in [2.24, 2.45) is 23.0 Å². The van der Waals surface area contributed by atoms with Crippen LogP contribution in [0.4, 0.5) is 0 Å². The summed E-state index contributed by atoms with van der Waals surface area (Å²) in [5.74, 6) is 1.64. The van der Waals surface area contributed by atoms with E-state index in [1.165, 1.54) is 38.5 Å². The summed E-state index contributed by atoms with van der Waals surface area (Å²) in [5.41, 5.74) is 6.40. The van der Waals surface area contributed by atoms with Gasteiger partial charge in [0, 0.05) is 18.6 Å². The van der Waals surface area contributed by atoms with Gasteiger partial charge in [-0.25, -0.2) is 0 Å². The fourth-order valence-electron chi connectivity index (χ4n) is 3.55. The third kappa shape index (κ3) is 2.43. The van der Waals surface area contributed by atoms with E-state index in [0.717, 1.165) is 25.0 Å². The molecule has 1 aliphatic heterocycles. The van der Waals surface area contributed by atoms with E-state index in [2.05, 4.69) is 13.8 Å². The maximum absolute atomic E-state index is 6.09. The molecule has 1 heterocycles. The van der Waals surface area contributed by atoms with Crippen LogP contribution < -0.4 is 5.73 Å². The summed E-state index contributed by atoms with van der Waals surface area (Å²) in [6.45, 7) is 6.41. The van der Waals surface area contributed by atoms with Crippen LogP contribution in [0.2, 0.25) is 0 Å². The minimum atomic E-state index is 0.315. The third-order valence-corrected chi connectivity index (χ3v) is 4.49. The molecule has 16 heavy (non-hydrogen) atoms. The lowest BCUT2D eigenvalue weighted by atomic mass is 9.72. The summed E-state index contributed by atoms with van der Waals surface area (Å²) >= 11 is 0. The molecular weight excluding hydrogens is 198 g/mol. The van der Waals surface area contributed by atoms with Gasteiger partial charge in [0.1, 0.15) is 0 Å². The highest BCUT2D eigenvalue weighted by Crippen LogP contribution is 2.50. The molecule has 2 N–H and O–H groups in total. The maximum atomic E-state index is 6.09. The van der Waals surface area contributed by atoms with E-state index in [9.17, 15) is 0 Å². The molecular formula is C14H27NO. The average molecular weight is 225 g/mol. The van der Waals surface area contributed by atoms with Crippen molar-refractivity contribution in [1.29, 1.82) is 0 Å². The number of rotatable bonds is 6. The van der Waals surface area contributed by atoms with Gasteiger partial charge in [-0.2, -0.15) is 0 Å². The Morgan fingerprint density at radius 3 is 2.75 bits per heavy atom. The van der Waals surface area contributed by atoms with Gasteiger partial charge in [-0.15, -0.1) is 0 Å². The van der Waals surface area contributed by atoms with E-state index in [1.54, 1.807) is 0 Å². The minimum Gasteiger partial charge on any atom is -0.377 e. The van der Waals surface area contributed by atoms with Crippen LogP contribution in [0.5, 0.6) is 0 Å². The molecule has 2 heteroatoms. The van der Waals surface area contributed by atoms with Crippen LogP contribution in [0.1, 0.15) is 52.4 Å². The first-order valence-electron chi connectivity index (χ1n) is 7.03. The third-order valence-electron chi connectivity index (χ3n) is 4.49. The topological polar surface area (TPSA) is 35.2 Å². The zero-order valence-corrected chi connectivity index (χ0v) is 10.9. The van der Waals surface area contributed by atoms with E-state index < -0.39 is 0 Å². The lowest BCUT2D eigenvalue weighted by Gasteiger charge is -2.35. The fourth-order valence-corrected chi connectivity index (χ4v) is 3.55. The molecule has 2 rings (SSSR count). The molecule has 94 valence electrons. The molecule has 2 fully saturated rings. The van der Waals surface area contributed by atoms with Crippen LogP contribution in [0.15, 0.2) is 0 Å². The zero-order valence-electron chi connectivity index (χ0n) is 10.9. The summed E-state index contributed by atoms with van der Waals surface area (Å²) in [5, 5.41) is 0. The Morgan fingerprint density at radius 1 is 1.44 bits per heavy atom. The first-order valence-corrected chi connectivity index (χ1v) is 7.03. The van der Waals surface area contributed by atoms with Crippen molar-refractivity contribution in [3.63, 3.8) is 0 Å². The van der Waals surface area contributed by atoms with Gasteiger partial charge < -0.3 is 10.5 Å². The lowest BCUT2D eigenvalue weighted by molar-refractivity contribution is 0.0232. The molecule has 0 bridgehead atoms. The van der Waals surface area contributed by atoms with E-state index in [1.807, 2.05) is 0 Å². The molecule has 1 saturated carbocycles. The standard InChI is InChI=1S/C14H27NO/c1-3-4-11(2)9-14(10-15)7-8-16-13(14)12-5-6-12/h11-13H,3-10,15H2,1-2H3. The Bertz CT molecular complexity index is 227. The van der Waals surface area contributed by atoms with Crippen LogP contribution in [0.25, 0.3) is 0 Å². The van der Waals surface area contributed by atoms with Gasteiger partial charge >= 0.3 is 0 Å². The van der Waals surface area contributed by atoms with Crippen LogP contribution >= 0.6 is 0 Å². The van der Waals surface area contributed by atoms with Crippen LogP contribution in [0, 0.1) is 17.3 Å². The Morgan fingerprint density at radius 2 is 2.19 bits per heavy atom. The molecule has 0 amide bonds. The molecule has 3 atom stereocenters. The molecule has 1 saturated heterocycles. The fraction of sp³-hybridized carbons (Fsp3) is 1.00. The normalized spacial score (nSPS) is 36.6. The molecule has 0 aromatic heterocycles. The van der Waals surface area contributed by atoms with E-state index >= 15 is 0 Å². The van der Waals surface area contributed by atoms with Crippen LogP contribution in [0.3, 0.4) is 0 Å². The Balaban J connectivity index is 1.99. The van der Waals surface area contributed by atoms with E-state index in [4.69, 9.17) is 10.5 Å². The molecule has 1 aliphatic carbocycles. The first kappa shape index (κ1) is 12.4. The molecule has 0 aromatic carbocycles. The SMILES string of the molecule is CCCC(C)CC1(CN)CCOC1C1CC1. The van der Waals surface area contributed by atoms with Crippen molar-refractivity contribution in [2.45, 2.75) is 58.5 Å². The second-order valence-corrected chi connectivity index (χ2v) is 6.04. The van der Waals surface area contributed by atoms with Gasteiger partial charge in [0.2, 0.25) is 0 Å². The predicted octanol–water partition coefficient (Wildman–Crippen LogP) is 2.96. The summed E-state index contributed by atoms with van der Waals surface area (Å²) in [7, 11) is 0. The molecule has 0 radical (unpaired) electrons. The van der Waals surface area contributed by atoms with E-state index in [0.29, 0.717) is 11.5 Å². The monoisotopic (exact) mass is 225 g/mol. The van der Waals surface area contributed by atoms with Crippen molar-refractivity contribution in [1.82, 2.24) is 0 Å². The summed E-state index contributed by atoms with van der Waals surface area (Å²) in [4.78, 5) is 0. The zero-order chi connectivity index (χ0) is 11.6. The highest BCUT2D eigenvalue weighted by Gasteiger charge is 2.50. The van der Waals surface area contributed by atoms with E-state index in [-0.39, 0.29) is 0 Å². The van der Waals surface area contributed by atoms with Gasteiger partial charge in [0.25, 0.3) is 0 Å². The number of ether oxygens (including phenoxy) is 1. The van der Waals surface area contributed by atoms with Gasteiger partial charge in [-0.05, 0) is 37.5 Å². The highest BCUT2D eigenvalue weighted by atomic mass is 16.5. The van der Waals surface area contributed by atoms with Gasteiger partial charge in [-0.1, -0.05) is 26.7 Å². The highest BCUT2D eigenvalue weighted by molar-refractivity contribution is 5.00. The lowest BCUT2D eigenvalue weighted by Crippen LogP contribution is -2.41. The molecule has 2 aliphatic rings. The smallest absolute Gasteiger partial charge is 0.0672 e. The quantitative estimate of drug-likeness (QED) is 0.754. The van der Waals surface area contributed by atoms with Gasteiger partial charge in [0.15, 0.2) is 0 Å². The number of nitrogens with two attached hydrogens (primary N) is 1. The molecule has 0 spiro atoms. The Kier molecular flexibility index (Phi) is 3.91. The number of hydrogen-bond donors (Lipinski definition) is 1. The van der Waals surface area contributed by atoms with Crippen molar-refractivity contribution < 1.29 is 4.74 Å². The summed E-state index contributed by atoms with van der Waals surface area (Å²) < 4.78 is 5.98. The van der Waals surface area contributed by atoms with Crippen LogP contribution in [-0.2, 0) is 4.74 Å². The second-order valence-electron chi connectivity index (χ2n) is 6.04. The van der Waals surface area contributed by atoms with Crippen molar-refractivity contribution in [3.8, 4) is 0 Å². The summed E-state index contributed by atoms with van der Waals surface area (Å²) in [6, 6.07) is 0. The van der Waals surface area contributed by atoms with Crippen LogP contribution in [-0.4, -0.2) is 19.3 Å². The minimum absolute atomic E-state index is 0.315. The van der Waals surface area contributed by atoms with Gasteiger partial charge in [0.05, 0.1) is 6.10 Å². The second kappa shape index (κ2) is 5.05. The Hall–Kier alpha value is -0.0800. The predicted molar refractivity (Wildman–Crippen MR) is 67.3 cm³/mol. The van der Waals surface area contributed by atoms with Gasteiger partial charge in [-0.3, -0.25) is 0 Å². The Labute approximate surface area is 99.9 Å². The first-order chi connectivity index (χ1) is 7.72. The van der Waals surface area contributed by atoms with Crippen molar-refractivity contribution in [3.05, 3.63) is 0 Å². The number of hydrogen-bond acceptors (Lipinski definition) is 2. The molecule has 0 aromatic rings. The molecule has 2 nitrogen and oxygen atoms in total.